The minimum atomic E-state index is -0.586. The van der Waals surface area contributed by atoms with E-state index >= 15 is 0 Å². The topological polar surface area (TPSA) is 20.2 Å². The zero-order chi connectivity index (χ0) is 14.5. The molecule has 1 aromatic rings. The highest BCUT2D eigenvalue weighted by atomic mass is 16.3. The van der Waals surface area contributed by atoms with E-state index in [2.05, 4.69) is 36.4 Å². The molecule has 0 spiro atoms. The van der Waals surface area contributed by atoms with E-state index in [9.17, 15) is 5.11 Å². The zero-order valence-electron chi connectivity index (χ0n) is 13.1. The molecule has 1 heteroatoms. The predicted octanol–water partition coefficient (Wildman–Crippen LogP) is 5.36. The van der Waals surface area contributed by atoms with Gasteiger partial charge in [-0.25, -0.2) is 0 Å². The molecule has 0 amide bonds. The largest absolute Gasteiger partial charge is 0.385 e. The van der Waals surface area contributed by atoms with Crippen molar-refractivity contribution in [1.29, 1.82) is 0 Å². The summed E-state index contributed by atoms with van der Waals surface area (Å²) in [5.74, 6) is 0.290. The Labute approximate surface area is 129 Å². The second kappa shape index (κ2) is 6.79. The Balaban J connectivity index is 1.91. The van der Waals surface area contributed by atoms with E-state index < -0.39 is 5.60 Å². The molecule has 2 atom stereocenters. The van der Waals surface area contributed by atoms with Crippen LogP contribution in [0.2, 0.25) is 0 Å². The van der Waals surface area contributed by atoms with Crippen molar-refractivity contribution in [1.82, 2.24) is 0 Å². The van der Waals surface area contributed by atoms with Crippen LogP contribution in [0.1, 0.15) is 75.7 Å². The van der Waals surface area contributed by atoms with E-state index in [0.717, 1.165) is 32.1 Å². The summed E-state index contributed by atoms with van der Waals surface area (Å²) in [6.45, 7) is 0. The summed E-state index contributed by atoms with van der Waals surface area (Å²) >= 11 is 0. The molecule has 0 bridgehead atoms. The molecule has 1 nitrogen and oxygen atoms in total. The lowest BCUT2D eigenvalue weighted by Crippen LogP contribution is -2.41. The fourth-order valence-electron chi connectivity index (χ4n) is 4.25. The maximum atomic E-state index is 11.6. The summed E-state index contributed by atoms with van der Waals surface area (Å²) in [6, 6.07) is 10.7. The van der Waals surface area contributed by atoms with E-state index in [1.807, 2.05) is 0 Å². The van der Waals surface area contributed by atoms with Gasteiger partial charge in [0.1, 0.15) is 0 Å². The van der Waals surface area contributed by atoms with Gasteiger partial charge in [0, 0.05) is 5.92 Å². The standard InChI is InChI=1S/C20H28O/c21-20(18-13-7-2-1-3-8-14-18)16-10-9-15-19(20)17-11-5-4-6-12-17/h4-6,11-13,19,21H,1-3,7-10,14-16H2/b18-13+. The normalized spacial score (nSPS) is 33.6. The molecule has 0 heterocycles. The summed E-state index contributed by atoms with van der Waals surface area (Å²) < 4.78 is 0. The molecule has 2 unspecified atom stereocenters. The molecule has 1 saturated carbocycles. The minimum absolute atomic E-state index is 0.290. The number of hydrogen-bond donors (Lipinski definition) is 1. The average molecular weight is 284 g/mol. The molecule has 0 saturated heterocycles. The second-order valence-electron chi connectivity index (χ2n) is 6.82. The van der Waals surface area contributed by atoms with Crippen molar-refractivity contribution in [2.75, 3.05) is 0 Å². The van der Waals surface area contributed by atoms with Crippen molar-refractivity contribution in [2.24, 2.45) is 0 Å². The van der Waals surface area contributed by atoms with Crippen LogP contribution < -0.4 is 0 Å². The fraction of sp³-hybridized carbons (Fsp3) is 0.600. The van der Waals surface area contributed by atoms with Gasteiger partial charge in [-0.3, -0.25) is 0 Å². The quantitative estimate of drug-likeness (QED) is 0.725. The van der Waals surface area contributed by atoms with Crippen LogP contribution in [0.15, 0.2) is 42.0 Å². The minimum Gasteiger partial charge on any atom is -0.385 e. The fourth-order valence-corrected chi connectivity index (χ4v) is 4.25. The molecule has 1 aromatic carbocycles. The Bertz CT molecular complexity index is 476. The van der Waals surface area contributed by atoms with Gasteiger partial charge >= 0.3 is 0 Å². The summed E-state index contributed by atoms with van der Waals surface area (Å²) in [6.07, 6.45) is 14.3. The van der Waals surface area contributed by atoms with Crippen molar-refractivity contribution >= 4 is 0 Å². The Kier molecular flexibility index (Phi) is 4.80. The Hall–Kier alpha value is -1.08. The van der Waals surface area contributed by atoms with Gasteiger partial charge in [0.05, 0.1) is 5.60 Å². The van der Waals surface area contributed by atoms with E-state index in [1.165, 1.54) is 43.2 Å². The van der Waals surface area contributed by atoms with Crippen LogP contribution in [0.25, 0.3) is 0 Å². The summed E-state index contributed by atoms with van der Waals surface area (Å²) in [4.78, 5) is 0. The highest BCUT2D eigenvalue weighted by molar-refractivity contribution is 5.31. The lowest BCUT2D eigenvalue weighted by atomic mass is 9.67. The first-order chi connectivity index (χ1) is 10.3. The molecule has 0 radical (unpaired) electrons. The van der Waals surface area contributed by atoms with E-state index in [-0.39, 0.29) is 5.92 Å². The van der Waals surface area contributed by atoms with Gasteiger partial charge < -0.3 is 5.11 Å². The number of benzene rings is 1. The van der Waals surface area contributed by atoms with Gasteiger partial charge in [-0.15, -0.1) is 0 Å². The molecule has 2 aliphatic rings. The smallest absolute Gasteiger partial charge is 0.0924 e. The van der Waals surface area contributed by atoms with Crippen molar-refractivity contribution in [3.63, 3.8) is 0 Å². The molecular weight excluding hydrogens is 256 g/mol. The van der Waals surface area contributed by atoms with Crippen LogP contribution in [0.5, 0.6) is 0 Å². The molecule has 2 aliphatic carbocycles. The van der Waals surface area contributed by atoms with Gasteiger partial charge in [0.25, 0.3) is 0 Å². The van der Waals surface area contributed by atoms with E-state index in [1.54, 1.807) is 0 Å². The second-order valence-corrected chi connectivity index (χ2v) is 6.82. The van der Waals surface area contributed by atoms with Gasteiger partial charge in [-0.05, 0) is 49.7 Å². The molecule has 0 aromatic heterocycles. The van der Waals surface area contributed by atoms with Gasteiger partial charge in [0.2, 0.25) is 0 Å². The summed E-state index contributed by atoms with van der Waals surface area (Å²) in [5, 5.41) is 11.6. The lowest BCUT2D eigenvalue weighted by Gasteiger charge is -2.43. The van der Waals surface area contributed by atoms with Crippen LogP contribution in [0.3, 0.4) is 0 Å². The summed E-state index contributed by atoms with van der Waals surface area (Å²) in [7, 11) is 0. The maximum Gasteiger partial charge on any atom is 0.0924 e. The Morgan fingerprint density at radius 3 is 2.57 bits per heavy atom. The zero-order valence-corrected chi connectivity index (χ0v) is 13.1. The van der Waals surface area contributed by atoms with Crippen molar-refractivity contribution in [3.05, 3.63) is 47.5 Å². The van der Waals surface area contributed by atoms with Gasteiger partial charge in [0.15, 0.2) is 0 Å². The highest BCUT2D eigenvalue weighted by Gasteiger charge is 2.42. The number of rotatable bonds is 2. The molecular formula is C20H28O. The average Bonchev–Trinajstić information content (AvgIpc) is 2.48. The lowest BCUT2D eigenvalue weighted by molar-refractivity contribution is 0.0137. The first-order valence-corrected chi connectivity index (χ1v) is 8.77. The maximum absolute atomic E-state index is 11.6. The molecule has 1 fully saturated rings. The van der Waals surface area contributed by atoms with Crippen molar-refractivity contribution < 1.29 is 5.11 Å². The van der Waals surface area contributed by atoms with Crippen molar-refractivity contribution in [2.45, 2.75) is 75.7 Å². The first-order valence-electron chi connectivity index (χ1n) is 8.77. The van der Waals surface area contributed by atoms with E-state index in [0.29, 0.717) is 0 Å². The third-order valence-electron chi connectivity index (χ3n) is 5.43. The molecule has 3 rings (SSSR count). The monoisotopic (exact) mass is 284 g/mol. The van der Waals surface area contributed by atoms with Crippen molar-refractivity contribution in [3.8, 4) is 0 Å². The number of hydrogen-bond acceptors (Lipinski definition) is 1. The number of allylic oxidation sites excluding steroid dienone is 1. The molecule has 21 heavy (non-hydrogen) atoms. The van der Waals surface area contributed by atoms with Gasteiger partial charge in [-0.2, -0.15) is 0 Å². The van der Waals surface area contributed by atoms with Crippen LogP contribution in [-0.4, -0.2) is 10.7 Å². The molecule has 0 aliphatic heterocycles. The van der Waals surface area contributed by atoms with Crippen LogP contribution >= 0.6 is 0 Å². The Morgan fingerprint density at radius 1 is 0.905 bits per heavy atom. The molecule has 1 N–H and O–H groups in total. The first kappa shape index (κ1) is 14.8. The third-order valence-corrected chi connectivity index (χ3v) is 5.43. The van der Waals surface area contributed by atoms with Crippen LogP contribution in [0, 0.1) is 0 Å². The summed E-state index contributed by atoms with van der Waals surface area (Å²) in [5.41, 5.74) is 2.08. The number of aliphatic hydroxyl groups is 1. The van der Waals surface area contributed by atoms with Crippen LogP contribution in [-0.2, 0) is 0 Å². The predicted molar refractivity (Wildman–Crippen MR) is 88.4 cm³/mol. The molecule has 114 valence electrons. The third kappa shape index (κ3) is 3.23. The van der Waals surface area contributed by atoms with Gasteiger partial charge in [-0.1, -0.05) is 62.1 Å². The Morgan fingerprint density at radius 2 is 1.71 bits per heavy atom. The SMILES string of the molecule is OC1(/C2=C/CCCCCC2)CCCCC1c1ccccc1. The van der Waals surface area contributed by atoms with E-state index in [4.69, 9.17) is 0 Å². The highest BCUT2D eigenvalue weighted by Crippen LogP contribution is 2.46. The van der Waals surface area contributed by atoms with Crippen LogP contribution in [0.4, 0.5) is 0 Å².